The van der Waals surface area contributed by atoms with Crippen molar-refractivity contribution in [3.63, 3.8) is 0 Å². The number of para-hydroxylation sites is 1. The molecule has 1 fully saturated rings. The Balaban J connectivity index is 0.00000264. The molecule has 6 heteroatoms. The van der Waals surface area contributed by atoms with Gasteiger partial charge < -0.3 is 16.0 Å². The number of nitrogens with two attached hydrogens (primary N) is 1. The number of rotatable bonds is 7. The summed E-state index contributed by atoms with van der Waals surface area (Å²) >= 11 is 0. The normalized spacial score (nSPS) is 15.2. The van der Waals surface area contributed by atoms with Crippen molar-refractivity contribution in [1.82, 2.24) is 10.2 Å². The summed E-state index contributed by atoms with van der Waals surface area (Å²) in [5.41, 5.74) is 7.74. The van der Waals surface area contributed by atoms with Gasteiger partial charge in [-0.05, 0) is 62.9 Å². The molecule has 0 aromatic heterocycles. The van der Waals surface area contributed by atoms with Gasteiger partial charge in [-0.3, -0.25) is 4.79 Å². The number of nitrogens with one attached hydrogen (secondary N) is 1. The van der Waals surface area contributed by atoms with Crippen LogP contribution in [0.15, 0.2) is 24.3 Å². The number of benzene rings is 1. The third-order valence-corrected chi connectivity index (χ3v) is 4.51. The third kappa shape index (κ3) is 7.73. The number of hydrogen-bond acceptors (Lipinski definition) is 3. The number of nitrogen functional groups attached to an aromatic ring is 1. The molecule has 1 aliphatic rings. The lowest BCUT2D eigenvalue weighted by Crippen LogP contribution is -2.38. The second-order valence-corrected chi connectivity index (χ2v) is 6.29. The highest BCUT2D eigenvalue weighted by Gasteiger charge is 2.18. The number of hydrogen-bond donors (Lipinski definition) is 2. The fraction of sp³-hybridized carbons (Fsp3) is 0.611. The standard InChI is InChI=1S/C18H29N3O.2ClH/c1-2-11-21-12-9-15(10-13-21)14-20-18(22)8-7-16-5-3-4-6-17(16)19;;/h3-6,15H,2,7-14,19H2,1H3,(H,20,22);2*1H. The summed E-state index contributed by atoms with van der Waals surface area (Å²) in [6, 6.07) is 7.76. The van der Waals surface area contributed by atoms with Crippen LogP contribution in [0.3, 0.4) is 0 Å². The Morgan fingerprint density at radius 2 is 1.92 bits per heavy atom. The molecule has 1 aromatic carbocycles. The minimum Gasteiger partial charge on any atom is -0.399 e. The number of nitrogens with zero attached hydrogens (tertiary/aromatic N) is 1. The molecule has 0 saturated carbocycles. The van der Waals surface area contributed by atoms with Crippen LogP contribution in [0.2, 0.25) is 0 Å². The number of likely N-dealkylation sites (tertiary alicyclic amines) is 1. The van der Waals surface area contributed by atoms with Crippen LogP contribution in [-0.2, 0) is 11.2 Å². The molecule has 24 heavy (non-hydrogen) atoms. The fourth-order valence-electron chi connectivity index (χ4n) is 3.09. The predicted octanol–water partition coefficient (Wildman–Crippen LogP) is 3.28. The van der Waals surface area contributed by atoms with Crippen molar-refractivity contribution in [2.24, 2.45) is 5.92 Å². The number of halogens is 2. The summed E-state index contributed by atoms with van der Waals surface area (Å²) in [4.78, 5) is 14.5. The van der Waals surface area contributed by atoms with Gasteiger partial charge in [-0.25, -0.2) is 0 Å². The Morgan fingerprint density at radius 3 is 2.54 bits per heavy atom. The number of aryl methyl sites for hydroxylation is 1. The molecule has 1 aliphatic heterocycles. The van der Waals surface area contributed by atoms with E-state index in [1.807, 2.05) is 24.3 Å². The van der Waals surface area contributed by atoms with Crippen molar-refractivity contribution in [2.45, 2.75) is 39.0 Å². The summed E-state index contributed by atoms with van der Waals surface area (Å²) in [6.07, 6.45) is 4.86. The molecular formula is C18H31Cl2N3O. The molecule has 0 radical (unpaired) electrons. The Morgan fingerprint density at radius 1 is 1.25 bits per heavy atom. The molecule has 1 amide bonds. The lowest BCUT2D eigenvalue weighted by Gasteiger charge is -2.31. The van der Waals surface area contributed by atoms with Crippen LogP contribution >= 0.6 is 24.8 Å². The second kappa shape index (κ2) is 12.4. The van der Waals surface area contributed by atoms with Gasteiger partial charge in [0, 0.05) is 18.7 Å². The van der Waals surface area contributed by atoms with E-state index < -0.39 is 0 Å². The molecule has 0 bridgehead atoms. The predicted molar refractivity (Wildman–Crippen MR) is 106 cm³/mol. The topological polar surface area (TPSA) is 58.4 Å². The zero-order chi connectivity index (χ0) is 15.8. The van der Waals surface area contributed by atoms with Crippen LogP contribution in [0.25, 0.3) is 0 Å². The van der Waals surface area contributed by atoms with Crippen LogP contribution in [0.5, 0.6) is 0 Å². The number of carbonyl (C=O) groups is 1. The van der Waals surface area contributed by atoms with Gasteiger partial charge in [0.2, 0.25) is 5.91 Å². The van der Waals surface area contributed by atoms with Crippen LogP contribution in [0.1, 0.15) is 38.2 Å². The first kappa shape index (κ1) is 23.0. The van der Waals surface area contributed by atoms with Gasteiger partial charge >= 0.3 is 0 Å². The molecule has 1 heterocycles. The fourth-order valence-corrected chi connectivity index (χ4v) is 3.09. The molecule has 0 aliphatic carbocycles. The van der Waals surface area contributed by atoms with Crippen molar-refractivity contribution < 1.29 is 4.79 Å². The van der Waals surface area contributed by atoms with E-state index in [-0.39, 0.29) is 30.7 Å². The van der Waals surface area contributed by atoms with E-state index >= 15 is 0 Å². The first-order valence-corrected chi connectivity index (χ1v) is 8.51. The molecule has 2 rings (SSSR count). The molecule has 138 valence electrons. The maximum absolute atomic E-state index is 12.0. The summed E-state index contributed by atoms with van der Waals surface area (Å²) in [6.45, 7) is 6.61. The average molecular weight is 376 g/mol. The van der Waals surface area contributed by atoms with E-state index in [4.69, 9.17) is 5.73 Å². The van der Waals surface area contributed by atoms with Crippen molar-refractivity contribution in [2.75, 3.05) is 31.9 Å². The Kier molecular flexibility index (Phi) is 11.9. The van der Waals surface area contributed by atoms with E-state index in [1.165, 1.54) is 38.9 Å². The van der Waals surface area contributed by atoms with E-state index in [9.17, 15) is 4.79 Å². The number of anilines is 1. The molecular weight excluding hydrogens is 345 g/mol. The van der Waals surface area contributed by atoms with Crippen molar-refractivity contribution in [3.05, 3.63) is 29.8 Å². The highest BCUT2D eigenvalue weighted by Crippen LogP contribution is 2.17. The monoisotopic (exact) mass is 375 g/mol. The SMILES string of the molecule is CCCN1CCC(CNC(=O)CCc2ccccc2N)CC1.Cl.Cl. The second-order valence-electron chi connectivity index (χ2n) is 6.29. The maximum Gasteiger partial charge on any atom is 0.220 e. The average Bonchev–Trinajstić information content (AvgIpc) is 2.54. The Hall–Kier alpha value is -0.970. The van der Waals surface area contributed by atoms with Gasteiger partial charge in [-0.2, -0.15) is 0 Å². The number of piperidine rings is 1. The lowest BCUT2D eigenvalue weighted by molar-refractivity contribution is -0.121. The van der Waals surface area contributed by atoms with Gasteiger partial charge in [0.1, 0.15) is 0 Å². The maximum atomic E-state index is 12.0. The quantitative estimate of drug-likeness (QED) is 0.718. The molecule has 3 N–H and O–H groups in total. The van der Waals surface area contributed by atoms with Crippen molar-refractivity contribution in [1.29, 1.82) is 0 Å². The molecule has 1 aromatic rings. The third-order valence-electron chi connectivity index (χ3n) is 4.51. The van der Waals surface area contributed by atoms with Gasteiger partial charge in [0.25, 0.3) is 0 Å². The molecule has 4 nitrogen and oxygen atoms in total. The van der Waals surface area contributed by atoms with Gasteiger partial charge in [0.15, 0.2) is 0 Å². The van der Waals surface area contributed by atoms with Gasteiger partial charge in [-0.1, -0.05) is 25.1 Å². The minimum absolute atomic E-state index is 0. The molecule has 0 unspecified atom stereocenters. The van der Waals surface area contributed by atoms with Crippen molar-refractivity contribution in [3.8, 4) is 0 Å². The molecule has 0 atom stereocenters. The zero-order valence-corrected chi connectivity index (χ0v) is 16.1. The first-order valence-electron chi connectivity index (χ1n) is 8.51. The van der Waals surface area contributed by atoms with Crippen LogP contribution in [0.4, 0.5) is 5.69 Å². The summed E-state index contributed by atoms with van der Waals surface area (Å²) in [7, 11) is 0. The van der Waals surface area contributed by atoms with Crippen LogP contribution < -0.4 is 11.1 Å². The smallest absolute Gasteiger partial charge is 0.220 e. The summed E-state index contributed by atoms with van der Waals surface area (Å²) in [5.74, 6) is 0.776. The van der Waals surface area contributed by atoms with Gasteiger partial charge in [-0.15, -0.1) is 24.8 Å². The first-order chi connectivity index (χ1) is 10.7. The largest absolute Gasteiger partial charge is 0.399 e. The molecule has 1 saturated heterocycles. The van der Waals surface area contributed by atoms with E-state index in [0.29, 0.717) is 18.8 Å². The number of carbonyl (C=O) groups excluding carboxylic acids is 1. The summed E-state index contributed by atoms with van der Waals surface area (Å²) in [5, 5.41) is 3.09. The lowest BCUT2D eigenvalue weighted by atomic mass is 9.96. The van der Waals surface area contributed by atoms with E-state index in [0.717, 1.165) is 17.8 Å². The highest BCUT2D eigenvalue weighted by molar-refractivity contribution is 5.85. The number of amides is 1. The van der Waals surface area contributed by atoms with Crippen molar-refractivity contribution >= 4 is 36.4 Å². The molecule has 0 spiro atoms. The highest BCUT2D eigenvalue weighted by atomic mass is 35.5. The minimum atomic E-state index is 0. The van der Waals surface area contributed by atoms with Crippen LogP contribution in [-0.4, -0.2) is 37.0 Å². The van der Waals surface area contributed by atoms with E-state index in [1.54, 1.807) is 0 Å². The zero-order valence-electron chi connectivity index (χ0n) is 14.5. The Bertz CT molecular complexity index is 477. The van der Waals surface area contributed by atoms with Crippen LogP contribution in [0, 0.1) is 5.92 Å². The van der Waals surface area contributed by atoms with E-state index in [2.05, 4.69) is 17.1 Å². The summed E-state index contributed by atoms with van der Waals surface area (Å²) < 4.78 is 0. The van der Waals surface area contributed by atoms with Gasteiger partial charge in [0.05, 0.1) is 0 Å². The Labute approximate surface area is 158 Å².